The van der Waals surface area contributed by atoms with Gasteiger partial charge in [-0.15, -0.1) is 0 Å². The highest BCUT2D eigenvalue weighted by Crippen LogP contribution is 2.17. The van der Waals surface area contributed by atoms with E-state index in [1.807, 2.05) is 28.8 Å². The van der Waals surface area contributed by atoms with Gasteiger partial charge in [0.05, 0.1) is 11.0 Å². The molecule has 0 atom stereocenters. The third-order valence-corrected chi connectivity index (χ3v) is 3.55. The Morgan fingerprint density at radius 2 is 2.10 bits per heavy atom. The fraction of sp³-hybridized carbons (Fsp3) is 0.529. The minimum Gasteiger partial charge on any atom is -0.355 e. The highest BCUT2D eigenvalue weighted by atomic mass is 16.1. The van der Waals surface area contributed by atoms with Crippen LogP contribution >= 0.6 is 0 Å². The molecule has 1 aromatic heterocycles. The van der Waals surface area contributed by atoms with Crippen molar-refractivity contribution < 1.29 is 4.79 Å². The number of hydrogen-bond acceptors (Lipinski definition) is 2. The van der Waals surface area contributed by atoms with Crippen molar-refractivity contribution in [1.29, 1.82) is 0 Å². The van der Waals surface area contributed by atoms with Gasteiger partial charge in [0.1, 0.15) is 12.4 Å². The van der Waals surface area contributed by atoms with Gasteiger partial charge in [-0.25, -0.2) is 4.98 Å². The van der Waals surface area contributed by atoms with Crippen LogP contribution in [0, 0.1) is 5.92 Å². The molecular weight excluding hydrogens is 262 g/mol. The fourth-order valence-corrected chi connectivity index (χ4v) is 2.42. The molecule has 0 aliphatic rings. The summed E-state index contributed by atoms with van der Waals surface area (Å²) in [6.45, 7) is 7.55. The van der Waals surface area contributed by atoms with Crippen molar-refractivity contribution in [2.24, 2.45) is 5.92 Å². The van der Waals surface area contributed by atoms with Gasteiger partial charge in [-0.1, -0.05) is 32.9 Å². The average molecular weight is 287 g/mol. The van der Waals surface area contributed by atoms with Gasteiger partial charge in [-0.3, -0.25) is 4.79 Å². The summed E-state index contributed by atoms with van der Waals surface area (Å²) in [4.78, 5) is 16.8. The molecule has 2 rings (SSSR count). The Labute approximate surface area is 126 Å². The maximum Gasteiger partial charge on any atom is 0.240 e. The van der Waals surface area contributed by atoms with Crippen LogP contribution in [0.2, 0.25) is 0 Å². The van der Waals surface area contributed by atoms with Gasteiger partial charge in [-0.2, -0.15) is 0 Å². The molecule has 4 heteroatoms. The first kappa shape index (κ1) is 15.5. The zero-order valence-corrected chi connectivity index (χ0v) is 13.2. The molecule has 0 saturated carbocycles. The van der Waals surface area contributed by atoms with Crippen LogP contribution in [-0.2, 0) is 17.8 Å². The van der Waals surface area contributed by atoms with Gasteiger partial charge in [0.15, 0.2) is 0 Å². The average Bonchev–Trinajstić information content (AvgIpc) is 2.77. The van der Waals surface area contributed by atoms with Gasteiger partial charge in [0.2, 0.25) is 5.91 Å². The Hall–Kier alpha value is -1.84. The second-order valence-corrected chi connectivity index (χ2v) is 5.89. The Bertz CT molecular complexity index is 601. The van der Waals surface area contributed by atoms with Gasteiger partial charge in [-0.05, 0) is 30.9 Å². The number of carbonyl (C=O) groups is 1. The number of nitrogens with zero attached hydrogens (tertiary/aromatic N) is 2. The molecule has 1 amide bonds. The lowest BCUT2D eigenvalue weighted by atomic mass is 10.1. The molecule has 4 nitrogen and oxygen atoms in total. The predicted octanol–water partition coefficient (Wildman–Crippen LogP) is 3.15. The number of amides is 1. The minimum atomic E-state index is 0.0659. The van der Waals surface area contributed by atoms with E-state index in [1.165, 1.54) is 0 Å². The number of aromatic nitrogens is 2. The molecule has 1 heterocycles. The van der Waals surface area contributed by atoms with Crippen LogP contribution in [0.15, 0.2) is 24.3 Å². The van der Waals surface area contributed by atoms with E-state index in [2.05, 4.69) is 31.1 Å². The summed E-state index contributed by atoms with van der Waals surface area (Å²) in [5.41, 5.74) is 2.01. The Kier molecular flexibility index (Phi) is 5.37. The van der Waals surface area contributed by atoms with Crippen molar-refractivity contribution in [3.63, 3.8) is 0 Å². The van der Waals surface area contributed by atoms with Crippen LogP contribution in [0.5, 0.6) is 0 Å². The first-order valence-electron chi connectivity index (χ1n) is 7.82. The van der Waals surface area contributed by atoms with E-state index in [9.17, 15) is 4.79 Å². The van der Waals surface area contributed by atoms with Gasteiger partial charge >= 0.3 is 0 Å². The second kappa shape index (κ2) is 7.25. The zero-order chi connectivity index (χ0) is 15.2. The Morgan fingerprint density at radius 1 is 1.33 bits per heavy atom. The van der Waals surface area contributed by atoms with Crippen molar-refractivity contribution in [2.75, 3.05) is 6.54 Å². The number of rotatable bonds is 7. The highest BCUT2D eigenvalue weighted by Gasteiger charge is 2.12. The molecule has 1 N–H and O–H groups in total. The second-order valence-electron chi connectivity index (χ2n) is 5.89. The predicted molar refractivity (Wildman–Crippen MR) is 86.2 cm³/mol. The van der Waals surface area contributed by atoms with E-state index >= 15 is 0 Å². The summed E-state index contributed by atoms with van der Waals surface area (Å²) in [5.74, 6) is 1.67. The summed E-state index contributed by atoms with van der Waals surface area (Å²) in [5, 5.41) is 3.00. The van der Waals surface area contributed by atoms with Crippen molar-refractivity contribution in [3.05, 3.63) is 30.1 Å². The normalized spacial score (nSPS) is 11.2. The molecule has 0 saturated heterocycles. The first-order valence-corrected chi connectivity index (χ1v) is 7.82. The fourth-order valence-electron chi connectivity index (χ4n) is 2.42. The van der Waals surface area contributed by atoms with Crippen LogP contribution in [0.4, 0.5) is 0 Å². The highest BCUT2D eigenvalue weighted by molar-refractivity contribution is 5.81. The monoisotopic (exact) mass is 287 g/mol. The standard InChI is InChI=1S/C17H25N3O/c1-4-7-16-19-14-8-5-6-9-15(14)20(16)12-17(21)18-11-10-13(2)3/h5-6,8-9,13H,4,7,10-12H2,1-3H3,(H,18,21). The molecule has 0 unspecified atom stereocenters. The number of para-hydroxylation sites is 2. The van der Waals surface area contributed by atoms with Crippen LogP contribution in [0.25, 0.3) is 11.0 Å². The molecule has 0 aliphatic heterocycles. The first-order chi connectivity index (χ1) is 10.1. The van der Waals surface area contributed by atoms with Crippen LogP contribution < -0.4 is 5.32 Å². The van der Waals surface area contributed by atoms with Crippen molar-refractivity contribution in [1.82, 2.24) is 14.9 Å². The lowest BCUT2D eigenvalue weighted by Crippen LogP contribution is -2.29. The zero-order valence-electron chi connectivity index (χ0n) is 13.2. The van der Waals surface area contributed by atoms with Gasteiger partial charge < -0.3 is 9.88 Å². The molecule has 0 fully saturated rings. The topological polar surface area (TPSA) is 46.9 Å². The lowest BCUT2D eigenvalue weighted by Gasteiger charge is -2.10. The number of hydrogen-bond donors (Lipinski definition) is 1. The maximum atomic E-state index is 12.1. The van der Waals surface area contributed by atoms with Crippen LogP contribution in [0.3, 0.4) is 0 Å². The lowest BCUT2D eigenvalue weighted by molar-refractivity contribution is -0.121. The quantitative estimate of drug-likeness (QED) is 0.850. The largest absolute Gasteiger partial charge is 0.355 e. The number of fused-ring (bicyclic) bond motifs is 1. The molecule has 0 aliphatic carbocycles. The number of imidazole rings is 1. The van der Waals surface area contributed by atoms with Crippen molar-refractivity contribution in [2.45, 2.75) is 46.6 Å². The summed E-state index contributed by atoms with van der Waals surface area (Å²) in [6.07, 6.45) is 2.93. The minimum absolute atomic E-state index is 0.0659. The number of benzene rings is 1. The van der Waals surface area contributed by atoms with E-state index < -0.39 is 0 Å². The molecule has 114 valence electrons. The van der Waals surface area contributed by atoms with Crippen LogP contribution in [-0.4, -0.2) is 22.0 Å². The van der Waals surface area contributed by atoms with E-state index in [1.54, 1.807) is 0 Å². The molecule has 1 aromatic carbocycles. The third kappa shape index (κ3) is 4.06. The van der Waals surface area contributed by atoms with E-state index in [0.717, 1.165) is 42.7 Å². The Morgan fingerprint density at radius 3 is 2.81 bits per heavy atom. The van der Waals surface area contributed by atoms with E-state index in [4.69, 9.17) is 0 Å². The summed E-state index contributed by atoms with van der Waals surface area (Å²) in [7, 11) is 0. The smallest absolute Gasteiger partial charge is 0.240 e. The number of carbonyl (C=O) groups excluding carboxylic acids is 1. The molecule has 0 spiro atoms. The summed E-state index contributed by atoms with van der Waals surface area (Å²) < 4.78 is 2.05. The summed E-state index contributed by atoms with van der Waals surface area (Å²) in [6, 6.07) is 8.01. The van der Waals surface area contributed by atoms with Gasteiger partial charge in [0.25, 0.3) is 0 Å². The van der Waals surface area contributed by atoms with Crippen molar-refractivity contribution >= 4 is 16.9 Å². The SMILES string of the molecule is CCCc1nc2ccccc2n1CC(=O)NCCC(C)C. The maximum absolute atomic E-state index is 12.1. The van der Waals surface area contributed by atoms with Crippen LogP contribution in [0.1, 0.15) is 39.4 Å². The van der Waals surface area contributed by atoms with E-state index in [0.29, 0.717) is 12.5 Å². The third-order valence-electron chi connectivity index (χ3n) is 3.55. The van der Waals surface area contributed by atoms with E-state index in [-0.39, 0.29) is 5.91 Å². The molecule has 0 bridgehead atoms. The molecular formula is C17H25N3O. The number of aryl methyl sites for hydroxylation is 1. The Balaban J connectivity index is 2.12. The summed E-state index contributed by atoms with van der Waals surface area (Å²) >= 11 is 0. The molecule has 0 radical (unpaired) electrons. The molecule has 21 heavy (non-hydrogen) atoms. The molecule has 2 aromatic rings. The number of nitrogens with one attached hydrogen (secondary N) is 1. The van der Waals surface area contributed by atoms with Crippen molar-refractivity contribution in [3.8, 4) is 0 Å². The van der Waals surface area contributed by atoms with Gasteiger partial charge in [0, 0.05) is 13.0 Å².